The van der Waals surface area contributed by atoms with E-state index in [1.165, 1.54) is 17.7 Å². The average Bonchev–Trinajstić information content (AvgIpc) is 2.90. The number of carbonyl (C=O) groups excluding carboxylic acids is 1. The highest BCUT2D eigenvalue weighted by Gasteiger charge is 2.29. The second kappa shape index (κ2) is 11.7. The summed E-state index contributed by atoms with van der Waals surface area (Å²) in [6.45, 7) is 7.87. The molecular weight excluding hydrogens is 483 g/mol. The number of hydrogen-bond acceptors (Lipinski definition) is 3. The van der Waals surface area contributed by atoms with E-state index < -0.39 is 22.5 Å². The molecule has 1 unspecified atom stereocenters. The van der Waals surface area contributed by atoms with Crippen molar-refractivity contribution in [2.24, 2.45) is 0 Å². The van der Waals surface area contributed by atoms with Crippen LogP contribution in [0.1, 0.15) is 44.7 Å². The first-order valence-corrected chi connectivity index (χ1v) is 13.6. The van der Waals surface area contributed by atoms with E-state index in [-0.39, 0.29) is 12.4 Å². The summed E-state index contributed by atoms with van der Waals surface area (Å²) in [4.78, 5) is 15.8. The Morgan fingerprint density at radius 1 is 0.784 bits per heavy atom. The van der Waals surface area contributed by atoms with Crippen molar-refractivity contribution in [2.75, 3.05) is 6.61 Å². The number of esters is 1. The standard InChI is InChI=1S/C32H32FO3S/c1-23(2)24-10-12-25(13-11-24)32(3,4)36-31(34)22-35-27-16-20-30(21-17-27)37(28-8-6-5-7-9-28)29-18-14-26(33)15-19-29/h5-21,23H,22H2,1-4H3/q+1. The Bertz CT molecular complexity index is 1300. The molecule has 5 heteroatoms. The Kier molecular flexibility index (Phi) is 8.34. The summed E-state index contributed by atoms with van der Waals surface area (Å²) < 4.78 is 25.0. The summed E-state index contributed by atoms with van der Waals surface area (Å²) in [7, 11) is -0.397. The van der Waals surface area contributed by atoms with Gasteiger partial charge in [-0.15, -0.1) is 0 Å². The smallest absolute Gasteiger partial charge is 0.345 e. The number of rotatable bonds is 9. The minimum absolute atomic E-state index is 0.185. The Hall–Kier alpha value is -3.57. The summed E-state index contributed by atoms with van der Waals surface area (Å²) in [6.07, 6.45) is 0. The molecule has 0 aliphatic carbocycles. The predicted molar refractivity (Wildman–Crippen MR) is 147 cm³/mol. The third-order valence-electron chi connectivity index (χ3n) is 6.09. The molecule has 4 aromatic carbocycles. The molecule has 0 heterocycles. The number of halogens is 1. The fourth-order valence-electron chi connectivity index (χ4n) is 3.99. The summed E-state index contributed by atoms with van der Waals surface area (Å²) >= 11 is 0. The Labute approximate surface area is 221 Å². The second-order valence-electron chi connectivity index (χ2n) is 9.59. The summed E-state index contributed by atoms with van der Waals surface area (Å²) in [5.41, 5.74) is 1.41. The van der Waals surface area contributed by atoms with Crippen molar-refractivity contribution in [1.82, 2.24) is 0 Å². The first-order chi connectivity index (χ1) is 17.7. The predicted octanol–water partition coefficient (Wildman–Crippen LogP) is 7.90. The number of hydrogen-bond donors (Lipinski definition) is 0. The zero-order chi connectivity index (χ0) is 26.4. The van der Waals surface area contributed by atoms with Gasteiger partial charge in [0.1, 0.15) is 17.2 Å². The molecule has 0 bridgehead atoms. The zero-order valence-electron chi connectivity index (χ0n) is 21.6. The fraction of sp³-hybridized carbons (Fsp3) is 0.219. The minimum Gasteiger partial charge on any atom is -0.482 e. The van der Waals surface area contributed by atoms with Crippen LogP contribution in [0.5, 0.6) is 5.75 Å². The third kappa shape index (κ3) is 6.80. The van der Waals surface area contributed by atoms with Crippen LogP contribution in [0, 0.1) is 5.82 Å². The van der Waals surface area contributed by atoms with Crippen LogP contribution in [0.25, 0.3) is 0 Å². The first kappa shape index (κ1) is 26.5. The van der Waals surface area contributed by atoms with Crippen LogP contribution in [-0.4, -0.2) is 12.6 Å². The third-order valence-corrected chi connectivity index (χ3v) is 8.32. The average molecular weight is 516 g/mol. The molecule has 0 spiro atoms. The lowest BCUT2D eigenvalue weighted by Crippen LogP contribution is -2.28. The topological polar surface area (TPSA) is 35.5 Å². The van der Waals surface area contributed by atoms with Crippen LogP contribution in [0.4, 0.5) is 4.39 Å². The summed E-state index contributed by atoms with van der Waals surface area (Å²) in [6, 6.07) is 32.6. The molecule has 0 aliphatic rings. The van der Waals surface area contributed by atoms with Crippen molar-refractivity contribution >= 4 is 16.9 Å². The Morgan fingerprint density at radius 3 is 1.89 bits per heavy atom. The van der Waals surface area contributed by atoms with Gasteiger partial charge in [-0.25, -0.2) is 9.18 Å². The number of ether oxygens (including phenoxy) is 2. The highest BCUT2D eigenvalue weighted by molar-refractivity contribution is 7.97. The monoisotopic (exact) mass is 515 g/mol. The lowest BCUT2D eigenvalue weighted by atomic mass is 9.94. The molecule has 0 aliphatic heterocycles. The lowest BCUT2D eigenvalue weighted by molar-refractivity contribution is -0.159. The SMILES string of the molecule is CC(C)c1ccc(C(C)(C)OC(=O)COc2ccc([S+](c3ccccc3)c3ccc(F)cc3)cc2)cc1. The molecule has 3 nitrogen and oxygen atoms in total. The van der Waals surface area contributed by atoms with E-state index in [4.69, 9.17) is 9.47 Å². The van der Waals surface area contributed by atoms with Crippen molar-refractivity contribution < 1.29 is 18.7 Å². The van der Waals surface area contributed by atoms with Gasteiger partial charge in [0.2, 0.25) is 0 Å². The van der Waals surface area contributed by atoms with Crippen LogP contribution >= 0.6 is 0 Å². The van der Waals surface area contributed by atoms with E-state index >= 15 is 0 Å². The molecule has 0 amide bonds. The van der Waals surface area contributed by atoms with Gasteiger partial charge in [0, 0.05) is 0 Å². The van der Waals surface area contributed by atoms with Crippen LogP contribution < -0.4 is 4.74 Å². The lowest BCUT2D eigenvalue weighted by Gasteiger charge is -2.26. The Balaban J connectivity index is 1.42. The fourth-order valence-corrected chi connectivity index (χ4v) is 6.05. The molecule has 0 fully saturated rings. The van der Waals surface area contributed by atoms with Gasteiger partial charge >= 0.3 is 5.97 Å². The molecule has 0 saturated carbocycles. The molecule has 4 aromatic rings. The van der Waals surface area contributed by atoms with Crippen LogP contribution in [0.2, 0.25) is 0 Å². The molecule has 0 saturated heterocycles. The number of benzene rings is 4. The number of carbonyl (C=O) groups is 1. The minimum atomic E-state index is -0.765. The van der Waals surface area contributed by atoms with Crippen molar-refractivity contribution in [2.45, 2.75) is 53.9 Å². The molecule has 1 atom stereocenters. The van der Waals surface area contributed by atoms with Gasteiger partial charge in [0.15, 0.2) is 21.3 Å². The van der Waals surface area contributed by atoms with Gasteiger partial charge in [-0.2, -0.15) is 0 Å². The van der Waals surface area contributed by atoms with Crippen molar-refractivity contribution in [3.63, 3.8) is 0 Å². The van der Waals surface area contributed by atoms with Crippen LogP contribution in [-0.2, 0) is 26.0 Å². The molecule has 0 radical (unpaired) electrons. The molecule has 4 rings (SSSR count). The van der Waals surface area contributed by atoms with Gasteiger partial charge in [-0.1, -0.05) is 56.3 Å². The van der Waals surface area contributed by atoms with Crippen LogP contribution in [0.3, 0.4) is 0 Å². The highest BCUT2D eigenvalue weighted by atomic mass is 32.2. The normalized spacial score (nSPS) is 12.3. The Morgan fingerprint density at radius 2 is 1.32 bits per heavy atom. The van der Waals surface area contributed by atoms with Crippen molar-refractivity contribution in [3.8, 4) is 5.75 Å². The van der Waals surface area contributed by atoms with E-state index in [0.29, 0.717) is 11.7 Å². The largest absolute Gasteiger partial charge is 0.482 e. The van der Waals surface area contributed by atoms with E-state index in [0.717, 1.165) is 20.2 Å². The maximum Gasteiger partial charge on any atom is 0.345 e. The molecular formula is C32H32FO3S+. The maximum atomic E-state index is 13.6. The molecule has 190 valence electrons. The van der Waals surface area contributed by atoms with Crippen molar-refractivity contribution in [1.29, 1.82) is 0 Å². The van der Waals surface area contributed by atoms with E-state index in [1.54, 1.807) is 0 Å². The first-order valence-electron chi connectivity index (χ1n) is 12.3. The van der Waals surface area contributed by atoms with Crippen molar-refractivity contribution in [3.05, 3.63) is 120 Å². The maximum absolute atomic E-state index is 13.6. The van der Waals surface area contributed by atoms with Gasteiger partial charge in [-0.05, 0) is 91.6 Å². The van der Waals surface area contributed by atoms with Gasteiger partial charge in [-0.3, -0.25) is 0 Å². The van der Waals surface area contributed by atoms with E-state index in [9.17, 15) is 9.18 Å². The summed E-state index contributed by atoms with van der Waals surface area (Å²) in [5.74, 6) is 0.332. The van der Waals surface area contributed by atoms with E-state index in [2.05, 4.69) is 38.1 Å². The van der Waals surface area contributed by atoms with Gasteiger partial charge < -0.3 is 9.47 Å². The van der Waals surface area contributed by atoms with Crippen LogP contribution in [0.15, 0.2) is 118 Å². The molecule has 37 heavy (non-hydrogen) atoms. The second-order valence-corrected chi connectivity index (χ2v) is 11.6. The van der Waals surface area contributed by atoms with Gasteiger partial charge in [0.05, 0.1) is 10.9 Å². The zero-order valence-corrected chi connectivity index (χ0v) is 22.4. The highest BCUT2D eigenvalue weighted by Crippen LogP contribution is 2.32. The van der Waals surface area contributed by atoms with Gasteiger partial charge in [0.25, 0.3) is 0 Å². The molecule has 0 N–H and O–H groups in total. The quantitative estimate of drug-likeness (QED) is 0.168. The molecule has 0 aromatic heterocycles. The summed E-state index contributed by atoms with van der Waals surface area (Å²) in [5, 5.41) is 0. The van der Waals surface area contributed by atoms with E-state index in [1.807, 2.05) is 80.6 Å².